The standard InChI is InChI=1S/C20H26N2O5S/c1-13(14-8-10-15(11-9-14)28(3,26)27)21(2)18(23)12-22-19(24)16-6-4-5-7-17(16)20(22)25/h8-11,13,16-17H,4-7,12H2,1-3H3. The molecule has 28 heavy (non-hydrogen) atoms. The molecular formula is C20H26N2O5S. The van der Waals surface area contributed by atoms with Crippen LogP contribution in [0.15, 0.2) is 29.2 Å². The molecule has 3 amide bonds. The van der Waals surface area contributed by atoms with Crippen LogP contribution in [-0.2, 0) is 24.2 Å². The summed E-state index contributed by atoms with van der Waals surface area (Å²) in [4.78, 5) is 40.7. The average molecular weight is 407 g/mol. The van der Waals surface area contributed by atoms with Crippen LogP contribution in [0.1, 0.15) is 44.2 Å². The smallest absolute Gasteiger partial charge is 0.242 e. The minimum absolute atomic E-state index is 0.216. The van der Waals surface area contributed by atoms with Crippen LogP contribution in [0.4, 0.5) is 0 Å². The summed E-state index contributed by atoms with van der Waals surface area (Å²) in [5, 5.41) is 0. The lowest BCUT2D eigenvalue weighted by molar-refractivity contribution is -0.146. The van der Waals surface area contributed by atoms with Gasteiger partial charge in [-0.15, -0.1) is 0 Å². The fourth-order valence-corrected chi connectivity index (χ4v) is 4.70. The van der Waals surface area contributed by atoms with Crippen LogP contribution >= 0.6 is 0 Å². The van der Waals surface area contributed by atoms with Gasteiger partial charge in [0.1, 0.15) is 6.54 Å². The van der Waals surface area contributed by atoms with Crippen LogP contribution in [0.3, 0.4) is 0 Å². The first-order valence-corrected chi connectivity index (χ1v) is 11.4. The largest absolute Gasteiger partial charge is 0.337 e. The van der Waals surface area contributed by atoms with E-state index in [0.29, 0.717) is 0 Å². The fraction of sp³-hybridized carbons (Fsp3) is 0.550. The van der Waals surface area contributed by atoms with Gasteiger partial charge in [0.2, 0.25) is 17.7 Å². The van der Waals surface area contributed by atoms with Crippen molar-refractivity contribution >= 4 is 27.6 Å². The second kappa shape index (κ2) is 7.66. The van der Waals surface area contributed by atoms with E-state index in [4.69, 9.17) is 0 Å². The second-order valence-electron chi connectivity index (χ2n) is 7.78. The maximum Gasteiger partial charge on any atom is 0.242 e. The van der Waals surface area contributed by atoms with E-state index in [2.05, 4.69) is 0 Å². The molecule has 2 fully saturated rings. The Labute approximate surface area is 165 Å². The number of amides is 3. The number of fused-ring (bicyclic) bond motifs is 1. The molecule has 0 bridgehead atoms. The molecule has 7 nitrogen and oxygen atoms in total. The molecule has 1 aliphatic carbocycles. The Morgan fingerprint density at radius 2 is 1.61 bits per heavy atom. The van der Waals surface area contributed by atoms with Crippen LogP contribution in [0.2, 0.25) is 0 Å². The molecule has 1 saturated heterocycles. The SMILES string of the molecule is CC(c1ccc(S(C)(=O)=O)cc1)N(C)C(=O)CN1C(=O)C2CCCCC2C1=O. The molecule has 1 heterocycles. The number of hydrogen-bond acceptors (Lipinski definition) is 5. The molecule has 0 radical (unpaired) electrons. The Morgan fingerprint density at radius 1 is 1.11 bits per heavy atom. The van der Waals surface area contributed by atoms with Gasteiger partial charge in [0.05, 0.1) is 22.8 Å². The molecule has 2 aliphatic rings. The molecule has 1 aromatic rings. The summed E-state index contributed by atoms with van der Waals surface area (Å²) in [6, 6.07) is 6.04. The fourth-order valence-electron chi connectivity index (χ4n) is 4.07. The van der Waals surface area contributed by atoms with Crippen molar-refractivity contribution in [1.82, 2.24) is 9.80 Å². The lowest BCUT2D eigenvalue weighted by atomic mass is 9.81. The number of benzene rings is 1. The van der Waals surface area contributed by atoms with Crippen molar-refractivity contribution in [1.29, 1.82) is 0 Å². The highest BCUT2D eigenvalue weighted by atomic mass is 32.2. The molecule has 1 aliphatic heterocycles. The average Bonchev–Trinajstić information content (AvgIpc) is 2.91. The minimum Gasteiger partial charge on any atom is -0.337 e. The third kappa shape index (κ3) is 3.83. The zero-order valence-corrected chi connectivity index (χ0v) is 17.2. The van der Waals surface area contributed by atoms with Crippen LogP contribution in [-0.4, -0.2) is 55.8 Å². The number of sulfone groups is 1. The molecule has 3 rings (SSSR count). The van der Waals surface area contributed by atoms with E-state index >= 15 is 0 Å². The van der Waals surface area contributed by atoms with Gasteiger partial charge < -0.3 is 4.90 Å². The minimum atomic E-state index is -3.28. The van der Waals surface area contributed by atoms with E-state index < -0.39 is 9.84 Å². The van der Waals surface area contributed by atoms with Gasteiger partial charge in [0.25, 0.3) is 0 Å². The van der Waals surface area contributed by atoms with Gasteiger partial charge in [-0.25, -0.2) is 8.42 Å². The van der Waals surface area contributed by atoms with Gasteiger partial charge in [0.15, 0.2) is 9.84 Å². The monoisotopic (exact) mass is 406 g/mol. The molecule has 0 aromatic heterocycles. The normalized spacial score (nSPS) is 23.5. The third-order valence-corrected chi connectivity index (χ3v) is 7.12. The number of imide groups is 1. The number of carbonyl (C=O) groups is 3. The van der Waals surface area contributed by atoms with Crippen molar-refractivity contribution in [3.8, 4) is 0 Å². The van der Waals surface area contributed by atoms with Crippen molar-refractivity contribution in [2.45, 2.75) is 43.5 Å². The highest BCUT2D eigenvalue weighted by molar-refractivity contribution is 7.90. The van der Waals surface area contributed by atoms with Crippen molar-refractivity contribution in [2.75, 3.05) is 19.8 Å². The van der Waals surface area contributed by atoms with Gasteiger partial charge in [-0.3, -0.25) is 19.3 Å². The Kier molecular flexibility index (Phi) is 5.61. The molecule has 0 N–H and O–H groups in total. The predicted octanol–water partition coefficient (Wildman–Crippen LogP) is 1.78. The number of rotatable bonds is 5. The van der Waals surface area contributed by atoms with E-state index in [1.54, 1.807) is 19.2 Å². The Bertz CT molecular complexity index is 870. The summed E-state index contributed by atoms with van der Waals surface area (Å²) in [6.45, 7) is 1.58. The second-order valence-corrected chi connectivity index (χ2v) is 9.80. The molecule has 3 unspecified atom stereocenters. The van der Waals surface area contributed by atoms with Crippen LogP contribution < -0.4 is 0 Å². The number of likely N-dealkylation sites (tertiary alicyclic amines) is 1. The van der Waals surface area contributed by atoms with Gasteiger partial charge in [-0.1, -0.05) is 25.0 Å². The molecule has 3 atom stereocenters. The van der Waals surface area contributed by atoms with E-state index in [9.17, 15) is 22.8 Å². The van der Waals surface area contributed by atoms with E-state index in [0.717, 1.165) is 42.4 Å². The number of likely N-dealkylation sites (N-methyl/N-ethyl adjacent to an activating group) is 1. The zero-order valence-electron chi connectivity index (χ0n) is 16.4. The first kappa shape index (κ1) is 20.5. The lowest BCUT2D eigenvalue weighted by Gasteiger charge is -2.27. The Hall–Kier alpha value is -2.22. The summed E-state index contributed by atoms with van der Waals surface area (Å²) < 4.78 is 23.2. The summed E-state index contributed by atoms with van der Waals surface area (Å²) >= 11 is 0. The number of hydrogen-bond donors (Lipinski definition) is 0. The highest BCUT2D eigenvalue weighted by Gasteiger charge is 2.48. The molecule has 0 spiro atoms. The summed E-state index contributed by atoms with van der Waals surface area (Å²) in [7, 11) is -1.66. The quantitative estimate of drug-likeness (QED) is 0.695. The van der Waals surface area contributed by atoms with Crippen LogP contribution in [0.25, 0.3) is 0 Å². The predicted molar refractivity (Wildman–Crippen MR) is 103 cm³/mol. The van der Waals surface area contributed by atoms with Crippen molar-refractivity contribution in [2.24, 2.45) is 11.8 Å². The Balaban J connectivity index is 1.68. The summed E-state index contributed by atoms with van der Waals surface area (Å²) in [5.74, 6) is -1.29. The van der Waals surface area contributed by atoms with Gasteiger partial charge in [-0.2, -0.15) is 0 Å². The van der Waals surface area contributed by atoms with Gasteiger partial charge in [-0.05, 0) is 37.5 Å². The first-order chi connectivity index (χ1) is 13.1. The van der Waals surface area contributed by atoms with E-state index in [1.165, 1.54) is 17.0 Å². The third-order valence-electron chi connectivity index (χ3n) is 5.99. The molecule has 152 valence electrons. The molecule has 8 heteroatoms. The lowest BCUT2D eigenvalue weighted by Crippen LogP contribution is -2.42. The van der Waals surface area contributed by atoms with Crippen molar-refractivity contribution in [3.63, 3.8) is 0 Å². The molecule has 1 aromatic carbocycles. The maximum atomic E-state index is 12.7. The summed E-state index contributed by atoms with van der Waals surface area (Å²) in [6.07, 6.45) is 4.48. The maximum absolute atomic E-state index is 12.7. The van der Waals surface area contributed by atoms with Crippen molar-refractivity contribution < 1.29 is 22.8 Å². The van der Waals surface area contributed by atoms with Crippen LogP contribution in [0, 0.1) is 11.8 Å². The molecule has 1 saturated carbocycles. The molecular weight excluding hydrogens is 380 g/mol. The Morgan fingerprint density at radius 3 is 2.07 bits per heavy atom. The van der Waals surface area contributed by atoms with Crippen LogP contribution in [0.5, 0.6) is 0 Å². The topological polar surface area (TPSA) is 91.8 Å². The van der Waals surface area contributed by atoms with E-state index in [1.807, 2.05) is 6.92 Å². The van der Waals surface area contributed by atoms with Gasteiger partial charge >= 0.3 is 0 Å². The highest BCUT2D eigenvalue weighted by Crippen LogP contribution is 2.38. The van der Waals surface area contributed by atoms with Crippen molar-refractivity contribution in [3.05, 3.63) is 29.8 Å². The number of carbonyl (C=O) groups excluding carboxylic acids is 3. The first-order valence-electron chi connectivity index (χ1n) is 9.52. The zero-order chi connectivity index (χ0) is 20.6. The van der Waals surface area contributed by atoms with E-state index in [-0.39, 0.29) is 47.0 Å². The summed E-state index contributed by atoms with van der Waals surface area (Å²) in [5.41, 5.74) is 0.774. The number of nitrogens with zero attached hydrogens (tertiary/aromatic N) is 2. The van der Waals surface area contributed by atoms with Gasteiger partial charge in [0, 0.05) is 13.3 Å².